The normalized spacial score (nSPS) is 24.0. The highest BCUT2D eigenvalue weighted by Crippen LogP contribution is 2.32. The lowest BCUT2D eigenvalue weighted by atomic mass is 9.94. The standard InChI is InChI=1S/C21H30Cl2N2O3S/c1-2-3-5-15-6-4-7-19(15)24-21(26)16-10-12-25(13-11-16)29(27,28)20-14-17(22)8-9-18(20)23/h8-9,14-16,19H,2-7,10-13H2,1H3,(H,24,26). The van der Waals surface area contributed by atoms with Gasteiger partial charge in [0.25, 0.3) is 0 Å². The Bertz CT molecular complexity index is 823. The number of nitrogens with one attached hydrogen (secondary N) is 1. The summed E-state index contributed by atoms with van der Waals surface area (Å²) in [6.07, 6.45) is 8.04. The molecule has 1 aliphatic heterocycles. The second-order valence-electron chi connectivity index (χ2n) is 8.20. The maximum absolute atomic E-state index is 12.9. The quantitative estimate of drug-likeness (QED) is 0.630. The third-order valence-electron chi connectivity index (χ3n) is 6.25. The Morgan fingerprint density at radius 1 is 1.17 bits per heavy atom. The minimum atomic E-state index is -3.72. The van der Waals surface area contributed by atoms with Crippen LogP contribution < -0.4 is 5.32 Å². The second kappa shape index (κ2) is 9.99. The zero-order chi connectivity index (χ0) is 21.0. The Kier molecular flexibility index (Phi) is 7.87. The Morgan fingerprint density at radius 2 is 1.90 bits per heavy atom. The third kappa shape index (κ3) is 5.46. The van der Waals surface area contributed by atoms with E-state index in [1.54, 1.807) is 6.07 Å². The molecule has 1 aromatic rings. The van der Waals surface area contributed by atoms with Gasteiger partial charge in [-0.25, -0.2) is 8.42 Å². The first kappa shape index (κ1) is 22.9. The molecule has 1 amide bonds. The lowest BCUT2D eigenvalue weighted by Crippen LogP contribution is -2.46. The van der Waals surface area contributed by atoms with Crippen LogP contribution in [0.25, 0.3) is 0 Å². The van der Waals surface area contributed by atoms with Crippen LogP contribution in [0, 0.1) is 11.8 Å². The molecule has 29 heavy (non-hydrogen) atoms. The van der Waals surface area contributed by atoms with E-state index in [-0.39, 0.29) is 27.8 Å². The summed E-state index contributed by atoms with van der Waals surface area (Å²) in [5.74, 6) is 0.532. The molecule has 2 unspecified atom stereocenters. The van der Waals surface area contributed by atoms with Gasteiger partial charge < -0.3 is 5.32 Å². The number of nitrogens with zero attached hydrogens (tertiary/aromatic N) is 1. The van der Waals surface area contributed by atoms with Gasteiger partial charge in [-0.1, -0.05) is 49.4 Å². The highest BCUT2D eigenvalue weighted by atomic mass is 35.5. The molecule has 1 aliphatic carbocycles. The van der Waals surface area contributed by atoms with Gasteiger partial charge >= 0.3 is 0 Å². The number of carbonyl (C=O) groups is 1. The van der Waals surface area contributed by atoms with E-state index < -0.39 is 10.0 Å². The summed E-state index contributed by atoms with van der Waals surface area (Å²) in [6.45, 7) is 2.82. The van der Waals surface area contributed by atoms with Gasteiger partial charge in [-0.15, -0.1) is 0 Å². The summed E-state index contributed by atoms with van der Waals surface area (Å²) in [6, 6.07) is 4.72. The number of benzene rings is 1. The fraction of sp³-hybridized carbons (Fsp3) is 0.667. The van der Waals surface area contributed by atoms with Crippen molar-refractivity contribution in [2.45, 2.75) is 69.2 Å². The molecule has 0 radical (unpaired) electrons. The van der Waals surface area contributed by atoms with Crippen molar-refractivity contribution >= 4 is 39.1 Å². The predicted octanol–water partition coefficient (Wildman–Crippen LogP) is 4.87. The van der Waals surface area contributed by atoms with Gasteiger partial charge in [0.05, 0.1) is 5.02 Å². The van der Waals surface area contributed by atoms with E-state index in [9.17, 15) is 13.2 Å². The summed E-state index contributed by atoms with van der Waals surface area (Å²) in [7, 11) is -3.72. The van der Waals surface area contributed by atoms with Crippen LogP contribution in [0.4, 0.5) is 0 Å². The van der Waals surface area contributed by atoms with Crippen LogP contribution in [-0.2, 0) is 14.8 Å². The molecule has 3 rings (SSSR count). The van der Waals surface area contributed by atoms with E-state index in [2.05, 4.69) is 12.2 Å². The summed E-state index contributed by atoms with van der Waals surface area (Å²) < 4.78 is 27.3. The number of hydrogen-bond donors (Lipinski definition) is 1. The molecule has 1 N–H and O–H groups in total. The molecule has 8 heteroatoms. The number of halogens is 2. The Hall–Kier alpha value is -0.820. The summed E-state index contributed by atoms with van der Waals surface area (Å²) in [4.78, 5) is 12.8. The monoisotopic (exact) mass is 460 g/mol. The minimum Gasteiger partial charge on any atom is -0.353 e. The van der Waals surface area contributed by atoms with Gasteiger partial charge in [-0.3, -0.25) is 4.79 Å². The molecule has 1 heterocycles. The SMILES string of the molecule is CCCCC1CCCC1NC(=O)C1CCN(S(=O)(=O)c2cc(Cl)ccc2Cl)CC1. The van der Waals surface area contributed by atoms with Crippen LogP contribution in [0.15, 0.2) is 23.1 Å². The maximum atomic E-state index is 12.9. The largest absolute Gasteiger partial charge is 0.353 e. The fourth-order valence-electron chi connectivity index (χ4n) is 4.51. The molecule has 0 spiro atoms. The molecule has 1 aromatic carbocycles. The molecule has 2 fully saturated rings. The molecular formula is C21H30Cl2N2O3S. The minimum absolute atomic E-state index is 0.0271. The first-order valence-corrected chi connectivity index (χ1v) is 12.8. The van der Waals surface area contributed by atoms with Gasteiger partial charge in [0.15, 0.2) is 0 Å². The van der Waals surface area contributed by atoms with Crippen LogP contribution in [0.3, 0.4) is 0 Å². The number of unbranched alkanes of at least 4 members (excludes halogenated alkanes) is 1. The van der Waals surface area contributed by atoms with Crippen LogP contribution in [0.2, 0.25) is 10.0 Å². The van der Waals surface area contributed by atoms with Crippen molar-refractivity contribution in [1.82, 2.24) is 9.62 Å². The van der Waals surface area contributed by atoms with E-state index in [0.717, 1.165) is 6.42 Å². The zero-order valence-corrected chi connectivity index (χ0v) is 19.2. The van der Waals surface area contributed by atoms with Crippen molar-refractivity contribution in [3.63, 3.8) is 0 Å². The highest BCUT2D eigenvalue weighted by Gasteiger charge is 2.35. The maximum Gasteiger partial charge on any atom is 0.244 e. The van der Waals surface area contributed by atoms with E-state index in [1.165, 1.54) is 48.5 Å². The Morgan fingerprint density at radius 3 is 2.59 bits per heavy atom. The number of carbonyl (C=O) groups excluding carboxylic acids is 1. The first-order chi connectivity index (χ1) is 13.8. The summed E-state index contributed by atoms with van der Waals surface area (Å²) in [5.41, 5.74) is 0. The van der Waals surface area contributed by atoms with Crippen molar-refractivity contribution in [1.29, 1.82) is 0 Å². The molecule has 0 aromatic heterocycles. The number of amides is 1. The van der Waals surface area contributed by atoms with Crippen molar-refractivity contribution in [3.05, 3.63) is 28.2 Å². The average Bonchev–Trinajstić information content (AvgIpc) is 3.15. The zero-order valence-electron chi connectivity index (χ0n) is 16.9. The Labute approximate surface area is 184 Å². The molecule has 1 saturated heterocycles. The van der Waals surface area contributed by atoms with E-state index in [1.807, 2.05) is 0 Å². The number of hydrogen-bond acceptors (Lipinski definition) is 3. The molecule has 162 valence electrons. The fourth-order valence-corrected chi connectivity index (χ4v) is 6.72. The van der Waals surface area contributed by atoms with Crippen LogP contribution in [0.5, 0.6) is 0 Å². The third-order valence-corrected chi connectivity index (χ3v) is 8.87. The summed E-state index contributed by atoms with van der Waals surface area (Å²) >= 11 is 12.1. The Balaban J connectivity index is 1.57. The summed E-state index contributed by atoms with van der Waals surface area (Å²) in [5, 5.41) is 3.75. The van der Waals surface area contributed by atoms with Gasteiger partial charge in [0.2, 0.25) is 15.9 Å². The van der Waals surface area contributed by atoms with Gasteiger partial charge in [-0.05, 0) is 56.2 Å². The predicted molar refractivity (Wildman–Crippen MR) is 117 cm³/mol. The smallest absolute Gasteiger partial charge is 0.244 e. The molecule has 2 atom stereocenters. The average molecular weight is 461 g/mol. The van der Waals surface area contributed by atoms with Crippen LogP contribution in [-0.4, -0.2) is 37.8 Å². The van der Waals surface area contributed by atoms with Crippen molar-refractivity contribution in [2.75, 3.05) is 13.1 Å². The molecule has 0 bridgehead atoms. The van der Waals surface area contributed by atoms with E-state index >= 15 is 0 Å². The molecule has 5 nitrogen and oxygen atoms in total. The molecule has 1 saturated carbocycles. The lowest BCUT2D eigenvalue weighted by molar-refractivity contribution is -0.127. The number of rotatable bonds is 7. The first-order valence-electron chi connectivity index (χ1n) is 10.6. The number of sulfonamides is 1. The lowest BCUT2D eigenvalue weighted by Gasteiger charge is -2.32. The van der Waals surface area contributed by atoms with Gasteiger partial charge in [0.1, 0.15) is 4.90 Å². The second-order valence-corrected chi connectivity index (χ2v) is 11.0. The molecular weight excluding hydrogens is 431 g/mol. The van der Waals surface area contributed by atoms with E-state index in [4.69, 9.17) is 23.2 Å². The number of piperidine rings is 1. The van der Waals surface area contributed by atoms with Gasteiger partial charge in [0, 0.05) is 30.1 Å². The van der Waals surface area contributed by atoms with Crippen LogP contribution >= 0.6 is 23.2 Å². The van der Waals surface area contributed by atoms with E-state index in [0.29, 0.717) is 36.9 Å². The highest BCUT2D eigenvalue weighted by molar-refractivity contribution is 7.89. The topological polar surface area (TPSA) is 66.5 Å². The molecule has 2 aliphatic rings. The van der Waals surface area contributed by atoms with Crippen molar-refractivity contribution in [3.8, 4) is 0 Å². The van der Waals surface area contributed by atoms with Gasteiger partial charge in [-0.2, -0.15) is 4.31 Å². The van der Waals surface area contributed by atoms with Crippen molar-refractivity contribution < 1.29 is 13.2 Å². The van der Waals surface area contributed by atoms with Crippen molar-refractivity contribution in [2.24, 2.45) is 11.8 Å². The van der Waals surface area contributed by atoms with Crippen LogP contribution in [0.1, 0.15) is 58.3 Å².